The smallest absolute Gasteiger partial charge is 0.328 e. The predicted octanol–water partition coefficient (Wildman–Crippen LogP) is 1.66. The van der Waals surface area contributed by atoms with Crippen LogP contribution in [0.15, 0.2) is 12.7 Å². The largest absolute Gasteiger partial charge is 0.467 e. The van der Waals surface area contributed by atoms with Gasteiger partial charge in [-0.15, -0.1) is 6.58 Å². The van der Waals surface area contributed by atoms with Crippen molar-refractivity contribution in [3.8, 4) is 0 Å². The first-order chi connectivity index (χ1) is 7.51. The molecule has 4 nitrogen and oxygen atoms in total. The zero-order valence-corrected chi connectivity index (χ0v) is 10.3. The zero-order valence-electron chi connectivity index (χ0n) is 10.3. The second-order valence-corrected chi connectivity index (χ2v) is 3.98. The van der Waals surface area contributed by atoms with E-state index in [0.29, 0.717) is 12.3 Å². The molecule has 0 heterocycles. The van der Waals surface area contributed by atoms with Crippen molar-refractivity contribution in [2.75, 3.05) is 7.11 Å². The van der Waals surface area contributed by atoms with Gasteiger partial charge in [0.1, 0.15) is 6.04 Å². The molecule has 92 valence electrons. The highest BCUT2D eigenvalue weighted by Gasteiger charge is 2.22. The summed E-state index contributed by atoms with van der Waals surface area (Å²) in [5, 5.41) is 2.60. The topological polar surface area (TPSA) is 55.4 Å². The maximum Gasteiger partial charge on any atom is 0.328 e. The summed E-state index contributed by atoms with van der Waals surface area (Å²) in [7, 11) is 1.32. The van der Waals surface area contributed by atoms with Gasteiger partial charge >= 0.3 is 5.97 Å². The number of nitrogens with one attached hydrogen (secondary N) is 1. The lowest BCUT2D eigenvalue weighted by molar-refractivity contribution is -0.145. The van der Waals surface area contributed by atoms with Crippen molar-refractivity contribution in [2.45, 2.75) is 39.2 Å². The van der Waals surface area contributed by atoms with Crippen LogP contribution >= 0.6 is 0 Å². The summed E-state index contributed by atoms with van der Waals surface area (Å²) in [6, 6.07) is -0.540. The third kappa shape index (κ3) is 6.22. The first-order valence-electron chi connectivity index (χ1n) is 5.47. The number of carbonyl (C=O) groups excluding carboxylic acids is 2. The van der Waals surface area contributed by atoms with Crippen LogP contribution in [0.3, 0.4) is 0 Å². The van der Waals surface area contributed by atoms with Crippen molar-refractivity contribution in [2.24, 2.45) is 5.92 Å². The maximum absolute atomic E-state index is 11.4. The summed E-state index contributed by atoms with van der Waals surface area (Å²) in [4.78, 5) is 22.3. The summed E-state index contributed by atoms with van der Waals surface area (Å²) in [6.45, 7) is 7.09. The number of hydrogen-bond donors (Lipinski definition) is 1. The van der Waals surface area contributed by atoms with Gasteiger partial charge in [0, 0.05) is 6.92 Å². The van der Waals surface area contributed by atoms with E-state index in [0.717, 1.165) is 12.8 Å². The number of esters is 1. The fourth-order valence-electron chi connectivity index (χ4n) is 1.52. The van der Waals surface area contributed by atoms with Crippen molar-refractivity contribution < 1.29 is 14.3 Å². The highest BCUT2D eigenvalue weighted by Crippen LogP contribution is 2.13. The van der Waals surface area contributed by atoms with Crippen LogP contribution < -0.4 is 5.32 Å². The minimum absolute atomic E-state index is 0.216. The molecule has 0 spiro atoms. The van der Waals surface area contributed by atoms with Gasteiger partial charge in [-0.3, -0.25) is 4.79 Å². The Morgan fingerprint density at radius 1 is 1.50 bits per heavy atom. The van der Waals surface area contributed by atoms with E-state index in [4.69, 9.17) is 0 Å². The Hall–Kier alpha value is -1.32. The van der Waals surface area contributed by atoms with Gasteiger partial charge in [0.05, 0.1) is 7.11 Å². The molecule has 0 rings (SSSR count). The molecule has 0 saturated carbocycles. The molecule has 0 aliphatic carbocycles. The van der Waals surface area contributed by atoms with Crippen molar-refractivity contribution in [3.63, 3.8) is 0 Å². The van der Waals surface area contributed by atoms with E-state index in [1.807, 2.05) is 13.0 Å². The maximum atomic E-state index is 11.4. The Morgan fingerprint density at radius 2 is 2.12 bits per heavy atom. The molecule has 0 aliphatic rings. The van der Waals surface area contributed by atoms with E-state index in [1.165, 1.54) is 14.0 Å². The molecule has 0 fully saturated rings. The van der Waals surface area contributed by atoms with Gasteiger partial charge in [-0.05, 0) is 25.2 Å². The molecule has 1 amide bonds. The third-order valence-electron chi connectivity index (χ3n) is 2.36. The van der Waals surface area contributed by atoms with E-state index in [-0.39, 0.29) is 11.9 Å². The van der Waals surface area contributed by atoms with Gasteiger partial charge in [0.25, 0.3) is 0 Å². The minimum Gasteiger partial charge on any atom is -0.467 e. The second-order valence-electron chi connectivity index (χ2n) is 3.98. The Balaban J connectivity index is 4.24. The summed E-state index contributed by atoms with van der Waals surface area (Å²) in [6.07, 6.45) is 4.31. The summed E-state index contributed by atoms with van der Waals surface area (Å²) >= 11 is 0. The second kappa shape index (κ2) is 7.91. The van der Waals surface area contributed by atoms with Crippen LogP contribution in [0, 0.1) is 5.92 Å². The predicted molar refractivity (Wildman–Crippen MR) is 62.8 cm³/mol. The van der Waals surface area contributed by atoms with E-state index < -0.39 is 6.04 Å². The van der Waals surface area contributed by atoms with Crippen molar-refractivity contribution in [1.82, 2.24) is 5.32 Å². The van der Waals surface area contributed by atoms with Crippen molar-refractivity contribution in [1.29, 1.82) is 0 Å². The lowest BCUT2D eigenvalue weighted by Crippen LogP contribution is -2.41. The number of allylic oxidation sites excluding steroid dienone is 1. The quantitative estimate of drug-likeness (QED) is 0.531. The average Bonchev–Trinajstić information content (AvgIpc) is 2.23. The monoisotopic (exact) mass is 227 g/mol. The number of hydrogen-bond acceptors (Lipinski definition) is 3. The van der Waals surface area contributed by atoms with Gasteiger partial charge < -0.3 is 10.1 Å². The van der Waals surface area contributed by atoms with E-state index in [2.05, 4.69) is 16.6 Å². The highest BCUT2D eigenvalue weighted by molar-refractivity contribution is 5.83. The fourth-order valence-corrected chi connectivity index (χ4v) is 1.52. The molecule has 0 aromatic rings. The number of amides is 1. The normalized spacial score (nSPS) is 13.7. The Kier molecular flexibility index (Phi) is 7.25. The molecule has 0 radical (unpaired) electrons. The number of ether oxygens (including phenoxy) is 1. The summed E-state index contributed by atoms with van der Waals surface area (Å²) in [5.74, 6) is -0.263. The molecule has 2 atom stereocenters. The number of rotatable bonds is 7. The van der Waals surface area contributed by atoms with Crippen LogP contribution in [0.5, 0.6) is 0 Å². The molecular formula is C12H21NO3. The van der Waals surface area contributed by atoms with Gasteiger partial charge in [0.2, 0.25) is 5.91 Å². The Morgan fingerprint density at radius 3 is 2.56 bits per heavy atom. The zero-order chi connectivity index (χ0) is 12.6. The lowest BCUT2D eigenvalue weighted by Gasteiger charge is -2.19. The molecule has 0 aliphatic heterocycles. The Bertz CT molecular complexity index is 251. The van der Waals surface area contributed by atoms with Crippen LogP contribution in [0.1, 0.15) is 33.1 Å². The van der Waals surface area contributed by atoms with E-state index >= 15 is 0 Å². The van der Waals surface area contributed by atoms with Crippen molar-refractivity contribution >= 4 is 11.9 Å². The molecule has 1 N–H and O–H groups in total. The van der Waals surface area contributed by atoms with Gasteiger partial charge in [-0.1, -0.05) is 13.0 Å². The molecule has 0 aromatic carbocycles. The molecule has 0 bridgehead atoms. The lowest BCUT2D eigenvalue weighted by atomic mass is 9.97. The Labute approximate surface area is 97.1 Å². The standard InChI is InChI=1S/C12H21NO3/c1-5-6-7-9(2)8-11(12(15)16-4)13-10(3)14/h5,9,11H,1,6-8H2,2-4H3,(H,13,14). The van der Waals surface area contributed by atoms with Crippen LogP contribution in [0.25, 0.3) is 0 Å². The first-order valence-corrected chi connectivity index (χ1v) is 5.47. The average molecular weight is 227 g/mol. The fraction of sp³-hybridized carbons (Fsp3) is 0.667. The number of carbonyl (C=O) groups is 2. The van der Waals surface area contributed by atoms with Crippen molar-refractivity contribution in [3.05, 3.63) is 12.7 Å². The number of methoxy groups -OCH3 is 1. The SMILES string of the molecule is C=CCCC(C)CC(NC(C)=O)C(=O)OC. The molecule has 0 aromatic heterocycles. The van der Waals surface area contributed by atoms with Gasteiger partial charge in [-0.25, -0.2) is 4.79 Å². The highest BCUT2D eigenvalue weighted by atomic mass is 16.5. The molecular weight excluding hydrogens is 206 g/mol. The van der Waals surface area contributed by atoms with Crippen LogP contribution in [-0.2, 0) is 14.3 Å². The molecule has 0 saturated heterocycles. The minimum atomic E-state index is -0.540. The van der Waals surface area contributed by atoms with Crippen LogP contribution in [0.4, 0.5) is 0 Å². The molecule has 16 heavy (non-hydrogen) atoms. The van der Waals surface area contributed by atoms with E-state index in [9.17, 15) is 9.59 Å². The molecule has 2 unspecified atom stereocenters. The first kappa shape index (κ1) is 14.7. The summed E-state index contributed by atoms with van der Waals surface area (Å²) < 4.78 is 4.64. The van der Waals surface area contributed by atoms with Crippen LogP contribution in [-0.4, -0.2) is 25.0 Å². The van der Waals surface area contributed by atoms with E-state index in [1.54, 1.807) is 0 Å². The van der Waals surface area contributed by atoms with Gasteiger partial charge in [-0.2, -0.15) is 0 Å². The molecule has 4 heteroatoms. The summed E-state index contributed by atoms with van der Waals surface area (Å²) in [5.41, 5.74) is 0. The van der Waals surface area contributed by atoms with Gasteiger partial charge in [0.15, 0.2) is 0 Å². The third-order valence-corrected chi connectivity index (χ3v) is 2.36. The van der Waals surface area contributed by atoms with Crippen LogP contribution in [0.2, 0.25) is 0 Å².